The van der Waals surface area contributed by atoms with Crippen molar-refractivity contribution in [1.82, 2.24) is 9.88 Å². The van der Waals surface area contributed by atoms with Crippen LogP contribution in [-0.2, 0) is 4.79 Å². The summed E-state index contributed by atoms with van der Waals surface area (Å²) in [6.07, 6.45) is 0.602. The van der Waals surface area contributed by atoms with Crippen LogP contribution in [0.1, 0.15) is 51.3 Å². The quantitative estimate of drug-likeness (QED) is 0.857. The number of anilines is 1. The van der Waals surface area contributed by atoms with E-state index in [9.17, 15) is 10.1 Å². The number of nitriles is 1. The van der Waals surface area contributed by atoms with Gasteiger partial charge in [0.2, 0.25) is 5.91 Å². The minimum atomic E-state index is 0.226. The van der Waals surface area contributed by atoms with Crippen LogP contribution in [0.5, 0.6) is 0 Å². The predicted octanol–water partition coefficient (Wildman–Crippen LogP) is 2.77. The van der Waals surface area contributed by atoms with Gasteiger partial charge in [0.15, 0.2) is 0 Å². The van der Waals surface area contributed by atoms with Gasteiger partial charge in [0.25, 0.3) is 0 Å². The van der Waals surface area contributed by atoms with Gasteiger partial charge in [-0.2, -0.15) is 5.26 Å². The van der Waals surface area contributed by atoms with Crippen LogP contribution < -0.4 is 4.90 Å². The molecule has 1 fully saturated rings. The van der Waals surface area contributed by atoms with E-state index < -0.39 is 0 Å². The van der Waals surface area contributed by atoms with Gasteiger partial charge in [-0.25, -0.2) is 4.98 Å². The molecule has 124 valence electrons. The second-order valence-corrected chi connectivity index (χ2v) is 6.84. The molecule has 0 atom stereocenters. The Morgan fingerprint density at radius 2 is 1.87 bits per heavy atom. The Morgan fingerprint density at radius 3 is 2.39 bits per heavy atom. The van der Waals surface area contributed by atoms with Crippen molar-refractivity contribution >= 4 is 11.7 Å². The third kappa shape index (κ3) is 4.22. The number of piperazine rings is 1. The number of pyridine rings is 1. The van der Waals surface area contributed by atoms with Crippen molar-refractivity contribution in [3.63, 3.8) is 0 Å². The van der Waals surface area contributed by atoms with Crippen molar-refractivity contribution in [2.24, 2.45) is 5.92 Å². The second kappa shape index (κ2) is 7.45. The SMILES string of the molecule is CC(C)CC(=O)N1CCN(c2nc(C(C)C)ccc2C#N)CC1. The normalized spacial score (nSPS) is 15.2. The summed E-state index contributed by atoms with van der Waals surface area (Å²) >= 11 is 0. The van der Waals surface area contributed by atoms with Crippen LogP contribution in [0, 0.1) is 17.2 Å². The number of aromatic nitrogens is 1. The average molecular weight is 314 g/mol. The third-order valence-electron chi connectivity index (χ3n) is 4.12. The lowest BCUT2D eigenvalue weighted by Crippen LogP contribution is -2.49. The molecule has 2 rings (SSSR count). The van der Waals surface area contributed by atoms with E-state index in [1.165, 1.54) is 0 Å². The molecule has 1 aromatic rings. The Labute approximate surface area is 138 Å². The highest BCUT2D eigenvalue weighted by Crippen LogP contribution is 2.23. The van der Waals surface area contributed by atoms with Crippen LogP contribution in [0.3, 0.4) is 0 Å². The Bertz CT molecular complexity index is 596. The largest absolute Gasteiger partial charge is 0.352 e. The van der Waals surface area contributed by atoms with Crippen LogP contribution in [0.25, 0.3) is 0 Å². The van der Waals surface area contributed by atoms with Crippen LogP contribution in [0.2, 0.25) is 0 Å². The minimum Gasteiger partial charge on any atom is -0.352 e. The lowest BCUT2D eigenvalue weighted by atomic mass is 10.1. The van der Waals surface area contributed by atoms with E-state index in [1.807, 2.05) is 17.0 Å². The van der Waals surface area contributed by atoms with Gasteiger partial charge >= 0.3 is 0 Å². The molecule has 0 radical (unpaired) electrons. The molecule has 5 nitrogen and oxygen atoms in total. The Balaban J connectivity index is 2.09. The van der Waals surface area contributed by atoms with Crippen LogP contribution in [0.4, 0.5) is 5.82 Å². The molecule has 0 aromatic carbocycles. The first kappa shape index (κ1) is 17.3. The monoisotopic (exact) mass is 314 g/mol. The van der Waals surface area contributed by atoms with E-state index in [1.54, 1.807) is 0 Å². The number of carbonyl (C=O) groups excluding carboxylic acids is 1. The number of nitrogens with zero attached hydrogens (tertiary/aromatic N) is 4. The third-order valence-corrected chi connectivity index (χ3v) is 4.12. The van der Waals surface area contributed by atoms with Crippen molar-refractivity contribution in [2.45, 2.75) is 40.0 Å². The van der Waals surface area contributed by atoms with E-state index in [0.717, 1.165) is 24.6 Å². The van der Waals surface area contributed by atoms with Crippen molar-refractivity contribution in [3.05, 3.63) is 23.4 Å². The molecular weight excluding hydrogens is 288 g/mol. The lowest BCUT2D eigenvalue weighted by molar-refractivity contribution is -0.132. The number of amides is 1. The van der Waals surface area contributed by atoms with E-state index in [0.29, 0.717) is 36.9 Å². The molecule has 1 aliphatic rings. The summed E-state index contributed by atoms with van der Waals surface area (Å²) in [5.74, 6) is 1.70. The summed E-state index contributed by atoms with van der Waals surface area (Å²) in [7, 11) is 0. The van der Waals surface area contributed by atoms with Crippen molar-refractivity contribution in [2.75, 3.05) is 31.1 Å². The highest BCUT2D eigenvalue weighted by molar-refractivity contribution is 5.76. The zero-order valence-corrected chi connectivity index (χ0v) is 14.5. The van der Waals surface area contributed by atoms with Crippen molar-refractivity contribution < 1.29 is 4.79 Å². The average Bonchev–Trinajstić information content (AvgIpc) is 2.53. The minimum absolute atomic E-state index is 0.226. The maximum absolute atomic E-state index is 12.2. The molecule has 0 unspecified atom stereocenters. The molecule has 1 amide bonds. The molecular formula is C18H26N4O. The van der Waals surface area contributed by atoms with Gasteiger partial charge in [0, 0.05) is 38.3 Å². The molecule has 0 N–H and O–H groups in total. The van der Waals surface area contributed by atoms with E-state index in [-0.39, 0.29) is 5.91 Å². The topological polar surface area (TPSA) is 60.2 Å². The van der Waals surface area contributed by atoms with Crippen LogP contribution >= 0.6 is 0 Å². The summed E-state index contributed by atoms with van der Waals surface area (Å²) in [6, 6.07) is 6.02. The fourth-order valence-corrected chi connectivity index (χ4v) is 2.76. The molecule has 0 spiro atoms. The first-order valence-electron chi connectivity index (χ1n) is 8.36. The first-order valence-corrected chi connectivity index (χ1v) is 8.36. The number of carbonyl (C=O) groups is 1. The smallest absolute Gasteiger partial charge is 0.222 e. The van der Waals surface area contributed by atoms with Gasteiger partial charge in [-0.1, -0.05) is 27.7 Å². The Hall–Kier alpha value is -2.09. The number of hydrogen-bond donors (Lipinski definition) is 0. The standard InChI is InChI=1S/C18H26N4O/c1-13(2)11-17(23)21-7-9-22(10-8-21)18-15(12-19)5-6-16(20-18)14(3)4/h5-6,13-14H,7-11H2,1-4H3. The molecule has 1 saturated heterocycles. The number of hydrogen-bond acceptors (Lipinski definition) is 4. The van der Waals surface area contributed by atoms with E-state index in [2.05, 4.69) is 43.6 Å². The molecule has 1 aliphatic heterocycles. The molecule has 23 heavy (non-hydrogen) atoms. The van der Waals surface area contributed by atoms with Gasteiger partial charge in [-0.05, 0) is 24.0 Å². The summed E-state index contributed by atoms with van der Waals surface area (Å²) in [4.78, 5) is 20.9. The van der Waals surface area contributed by atoms with Gasteiger partial charge in [0.1, 0.15) is 11.9 Å². The van der Waals surface area contributed by atoms with Crippen molar-refractivity contribution in [1.29, 1.82) is 5.26 Å². The predicted molar refractivity (Wildman–Crippen MR) is 91.3 cm³/mol. The number of rotatable bonds is 4. The highest BCUT2D eigenvalue weighted by atomic mass is 16.2. The van der Waals surface area contributed by atoms with Gasteiger partial charge in [-0.15, -0.1) is 0 Å². The molecule has 0 bridgehead atoms. The van der Waals surface area contributed by atoms with E-state index >= 15 is 0 Å². The fourth-order valence-electron chi connectivity index (χ4n) is 2.76. The lowest BCUT2D eigenvalue weighted by Gasteiger charge is -2.36. The zero-order chi connectivity index (χ0) is 17.0. The first-order chi connectivity index (χ1) is 10.9. The van der Waals surface area contributed by atoms with Crippen LogP contribution in [-0.4, -0.2) is 42.0 Å². The van der Waals surface area contributed by atoms with Gasteiger partial charge in [-0.3, -0.25) is 4.79 Å². The zero-order valence-electron chi connectivity index (χ0n) is 14.5. The molecule has 0 aliphatic carbocycles. The van der Waals surface area contributed by atoms with Crippen LogP contribution in [0.15, 0.2) is 12.1 Å². The van der Waals surface area contributed by atoms with Crippen molar-refractivity contribution in [3.8, 4) is 6.07 Å². The molecule has 1 aromatic heterocycles. The highest BCUT2D eigenvalue weighted by Gasteiger charge is 2.24. The summed E-state index contributed by atoms with van der Waals surface area (Å²) in [5.41, 5.74) is 1.61. The maximum atomic E-state index is 12.2. The maximum Gasteiger partial charge on any atom is 0.222 e. The fraction of sp³-hybridized carbons (Fsp3) is 0.611. The summed E-state index contributed by atoms with van der Waals surface area (Å²) in [6.45, 7) is 11.2. The summed E-state index contributed by atoms with van der Waals surface area (Å²) < 4.78 is 0. The molecule has 0 saturated carbocycles. The van der Waals surface area contributed by atoms with Gasteiger partial charge < -0.3 is 9.80 Å². The molecule has 2 heterocycles. The summed E-state index contributed by atoms with van der Waals surface area (Å²) in [5, 5.41) is 9.34. The second-order valence-electron chi connectivity index (χ2n) is 6.84. The Kier molecular flexibility index (Phi) is 5.59. The van der Waals surface area contributed by atoms with E-state index in [4.69, 9.17) is 0 Å². The molecule has 5 heteroatoms. The Morgan fingerprint density at radius 1 is 1.22 bits per heavy atom. The van der Waals surface area contributed by atoms with Gasteiger partial charge in [0.05, 0.1) is 5.56 Å².